The van der Waals surface area contributed by atoms with E-state index in [1.54, 1.807) is 6.07 Å². The minimum Gasteiger partial charge on any atom is -0.406 e. The number of benzene rings is 1. The normalized spacial score (nSPS) is 11.4. The molecule has 0 saturated carbocycles. The molecule has 2 nitrogen and oxygen atoms in total. The third-order valence-electron chi connectivity index (χ3n) is 2.03. The number of ketones is 1. The molecule has 0 aliphatic carbocycles. The summed E-state index contributed by atoms with van der Waals surface area (Å²) < 4.78 is 40.1. The number of halogens is 4. The van der Waals surface area contributed by atoms with Crippen molar-refractivity contribution in [1.29, 1.82) is 0 Å². The van der Waals surface area contributed by atoms with Gasteiger partial charge in [0.05, 0.1) is 5.88 Å². The number of Topliss-reactive ketones (excluding diaryl/α,β-unsaturated/α-hetero) is 1. The number of hydrogen-bond donors (Lipinski definition) is 0. The van der Waals surface area contributed by atoms with Crippen LogP contribution in [0.3, 0.4) is 0 Å². The molecule has 0 aromatic heterocycles. The van der Waals surface area contributed by atoms with Crippen LogP contribution in [0, 0.1) is 6.92 Å². The van der Waals surface area contributed by atoms with Crippen molar-refractivity contribution < 1.29 is 22.7 Å². The second-order valence-corrected chi connectivity index (χ2v) is 3.76. The van der Waals surface area contributed by atoms with Gasteiger partial charge in [-0.2, -0.15) is 0 Å². The van der Waals surface area contributed by atoms with Gasteiger partial charge in [-0.15, -0.1) is 24.8 Å². The molecule has 0 unspecified atom stereocenters. The molecule has 0 amide bonds. The fourth-order valence-corrected chi connectivity index (χ4v) is 1.36. The summed E-state index contributed by atoms with van der Waals surface area (Å²) in [5.41, 5.74) is 0.796. The smallest absolute Gasteiger partial charge is 0.406 e. The summed E-state index contributed by atoms with van der Waals surface area (Å²) in [4.78, 5) is 11.1. The Morgan fingerprint density at radius 3 is 2.59 bits per heavy atom. The van der Waals surface area contributed by atoms with E-state index in [4.69, 9.17) is 11.6 Å². The molecule has 1 rings (SSSR count). The molecule has 0 radical (unpaired) electrons. The van der Waals surface area contributed by atoms with Crippen LogP contribution in [-0.2, 0) is 11.2 Å². The number of rotatable bonds is 4. The summed E-state index contributed by atoms with van der Waals surface area (Å²) in [5, 5.41) is 0. The topological polar surface area (TPSA) is 26.3 Å². The van der Waals surface area contributed by atoms with Crippen LogP contribution in [0.15, 0.2) is 18.2 Å². The number of aryl methyl sites for hydroxylation is 1. The molecular weight excluding hydrogens is 257 g/mol. The molecular formula is C11H10ClF3O2. The van der Waals surface area contributed by atoms with Gasteiger partial charge in [-0.1, -0.05) is 12.1 Å². The van der Waals surface area contributed by atoms with E-state index >= 15 is 0 Å². The number of carbonyl (C=O) groups is 1. The van der Waals surface area contributed by atoms with E-state index in [9.17, 15) is 18.0 Å². The Labute approximate surface area is 101 Å². The lowest BCUT2D eigenvalue weighted by atomic mass is 10.1. The Balaban J connectivity index is 2.90. The number of ether oxygens (including phenoxy) is 1. The predicted molar refractivity (Wildman–Crippen MR) is 57.3 cm³/mol. The van der Waals surface area contributed by atoms with Crippen LogP contribution in [0.2, 0.25) is 0 Å². The van der Waals surface area contributed by atoms with E-state index in [0.29, 0.717) is 11.1 Å². The first kappa shape index (κ1) is 13.8. The van der Waals surface area contributed by atoms with Crippen molar-refractivity contribution in [3.63, 3.8) is 0 Å². The van der Waals surface area contributed by atoms with Crippen molar-refractivity contribution in [2.75, 3.05) is 5.88 Å². The zero-order chi connectivity index (χ0) is 13.1. The molecule has 0 fully saturated rings. The Bertz CT molecular complexity index is 416. The minimum absolute atomic E-state index is 0.00199. The Morgan fingerprint density at radius 1 is 1.41 bits per heavy atom. The van der Waals surface area contributed by atoms with Crippen LogP contribution in [0.4, 0.5) is 13.2 Å². The maximum Gasteiger partial charge on any atom is 0.573 e. The van der Waals surface area contributed by atoms with E-state index in [1.165, 1.54) is 19.1 Å². The molecule has 0 spiro atoms. The molecule has 0 N–H and O–H groups in total. The SMILES string of the molecule is Cc1ccc(CC(=O)CCl)cc1OC(F)(F)F. The summed E-state index contributed by atoms with van der Waals surface area (Å²) >= 11 is 5.32. The van der Waals surface area contributed by atoms with Crippen LogP contribution in [0.1, 0.15) is 11.1 Å². The van der Waals surface area contributed by atoms with E-state index in [-0.39, 0.29) is 23.8 Å². The van der Waals surface area contributed by atoms with Gasteiger partial charge < -0.3 is 4.74 Å². The van der Waals surface area contributed by atoms with Gasteiger partial charge >= 0.3 is 6.36 Å². The first-order valence-corrected chi connectivity index (χ1v) is 5.28. The molecule has 1 aromatic rings. The summed E-state index contributed by atoms with van der Waals surface area (Å²) in [6, 6.07) is 4.24. The maximum absolute atomic E-state index is 12.1. The average molecular weight is 267 g/mol. The lowest BCUT2D eigenvalue weighted by Gasteiger charge is -2.12. The Kier molecular flexibility index (Phi) is 4.40. The van der Waals surface area contributed by atoms with Crippen LogP contribution in [-0.4, -0.2) is 18.0 Å². The highest BCUT2D eigenvalue weighted by atomic mass is 35.5. The molecule has 0 aliphatic rings. The van der Waals surface area contributed by atoms with Gasteiger partial charge in [-0.3, -0.25) is 4.79 Å². The highest BCUT2D eigenvalue weighted by molar-refractivity contribution is 6.27. The zero-order valence-electron chi connectivity index (χ0n) is 8.97. The molecule has 1 aromatic carbocycles. The predicted octanol–water partition coefficient (Wildman–Crippen LogP) is 3.24. The molecule has 0 aliphatic heterocycles. The molecule has 0 heterocycles. The van der Waals surface area contributed by atoms with Gasteiger partial charge in [0.1, 0.15) is 5.75 Å². The van der Waals surface area contributed by atoms with Crippen molar-refractivity contribution in [3.05, 3.63) is 29.3 Å². The molecule has 17 heavy (non-hydrogen) atoms. The maximum atomic E-state index is 12.1. The largest absolute Gasteiger partial charge is 0.573 e. The van der Waals surface area contributed by atoms with Gasteiger partial charge in [-0.05, 0) is 24.1 Å². The number of alkyl halides is 4. The molecule has 0 bridgehead atoms. The highest BCUT2D eigenvalue weighted by Gasteiger charge is 2.31. The lowest BCUT2D eigenvalue weighted by molar-refractivity contribution is -0.274. The van der Waals surface area contributed by atoms with Gasteiger partial charge in [0.15, 0.2) is 5.78 Å². The van der Waals surface area contributed by atoms with Crippen LogP contribution in [0.5, 0.6) is 5.75 Å². The van der Waals surface area contributed by atoms with E-state index in [1.807, 2.05) is 0 Å². The standard InChI is InChI=1S/C11H10ClF3O2/c1-7-2-3-8(4-9(16)6-12)5-10(7)17-11(13,14)15/h2-3,5H,4,6H2,1H3. The van der Waals surface area contributed by atoms with Gasteiger partial charge in [0.2, 0.25) is 0 Å². The number of carbonyl (C=O) groups excluding carboxylic acids is 1. The quantitative estimate of drug-likeness (QED) is 0.782. The van der Waals surface area contributed by atoms with E-state index in [2.05, 4.69) is 4.74 Å². The van der Waals surface area contributed by atoms with Crippen molar-refractivity contribution >= 4 is 17.4 Å². The zero-order valence-corrected chi connectivity index (χ0v) is 9.73. The van der Waals surface area contributed by atoms with Gasteiger partial charge in [0.25, 0.3) is 0 Å². The first-order valence-electron chi connectivity index (χ1n) is 4.75. The fraction of sp³-hybridized carbons (Fsp3) is 0.364. The first-order chi connectivity index (χ1) is 7.81. The average Bonchev–Trinajstić information content (AvgIpc) is 2.21. The summed E-state index contributed by atoms with van der Waals surface area (Å²) in [7, 11) is 0. The van der Waals surface area contributed by atoms with E-state index < -0.39 is 6.36 Å². The minimum atomic E-state index is -4.74. The van der Waals surface area contributed by atoms with Crippen LogP contribution < -0.4 is 4.74 Å². The summed E-state index contributed by atoms with van der Waals surface area (Å²) in [5.74, 6) is -0.713. The van der Waals surface area contributed by atoms with Crippen molar-refractivity contribution in [2.24, 2.45) is 0 Å². The molecule has 6 heteroatoms. The summed E-state index contributed by atoms with van der Waals surface area (Å²) in [6.07, 6.45) is -4.74. The van der Waals surface area contributed by atoms with Crippen LogP contribution in [0.25, 0.3) is 0 Å². The van der Waals surface area contributed by atoms with Crippen LogP contribution >= 0.6 is 11.6 Å². The second kappa shape index (κ2) is 5.40. The highest BCUT2D eigenvalue weighted by Crippen LogP contribution is 2.27. The Morgan fingerprint density at radius 2 is 2.06 bits per heavy atom. The Hall–Kier alpha value is -1.23. The monoisotopic (exact) mass is 266 g/mol. The lowest BCUT2D eigenvalue weighted by Crippen LogP contribution is -2.18. The summed E-state index contributed by atoms with van der Waals surface area (Å²) in [6.45, 7) is 1.49. The third kappa shape index (κ3) is 4.65. The molecule has 0 saturated heterocycles. The van der Waals surface area contributed by atoms with E-state index in [0.717, 1.165) is 0 Å². The molecule has 94 valence electrons. The third-order valence-corrected chi connectivity index (χ3v) is 2.33. The van der Waals surface area contributed by atoms with Gasteiger partial charge in [-0.25, -0.2) is 0 Å². The van der Waals surface area contributed by atoms with Crippen molar-refractivity contribution in [2.45, 2.75) is 19.7 Å². The second-order valence-electron chi connectivity index (χ2n) is 3.50. The molecule has 0 atom stereocenters. The van der Waals surface area contributed by atoms with Crippen molar-refractivity contribution in [3.8, 4) is 5.75 Å². The van der Waals surface area contributed by atoms with Crippen molar-refractivity contribution in [1.82, 2.24) is 0 Å². The van der Waals surface area contributed by atoms with Gasteiger partial charge in [0, 0.05) is 6.42 Å². The number of hydrogen-bond acceptors (Lipinski definition) is 2. The fourth-order valence-electron chi connectivity index (χ4n) is 1.26.